The minimum Gasteiger partial charge on any atom is -0.493 e. The molecule has 0 saturated heterocycles. The van der Waals surface area contributed by atoms with E-state index in [-0.39, 0.29) is 0 Å². The van der Waals surface area contributed by atoms with Crippen LogP contribution in [-0.2, 0) is 4.74 Å². The van der Waals surface area contributed by atoms with Crippen LogP contribution in [0.5, 0.6) is 0 Å². The smallest absolute Gasteiger partial charge is 0.122 e. The maximum atomic E-state index is 5.39. The first-order valence-corrected chi connectivity index (χ1v) is 4.91. The number of hydrogen-bond acceptors (Lipinski definition) is 1. The molecular formula is C12H20O. The van der Waals surface area contributed by atoms with Crippen molar-refractivity contribution in [3.05, 3.63) is 36.6 Å². The van der Waals surface area contributed by atoms with Crippen molar-refractivity contribution in [2.75, 3.05) is 6.61 Å². The highest BCUT2D eigenvalue weighted by Crippen LogP contribution is 2.25. The molecule has 0 aromatic carbocycles. The first-order chi connectivity index (χ1) is 6.29. The van der Waals surface area contributed by atoms with Crippen molar-refractivity contribution in [3.8, 4) is 0 Å². The standard InChI is InChI=1S/C10H14O.C2H6/c1-4-9-8(3)6-7-11-10(9)5-2;1-2/h4-5,8H,1-2,6-7H2,3H3;1-2H3. The Kier molecular flexibility index (Phi) is 6.03. The summed E-state index contributed by atoms with van der Waals surface area (Å²) in [5, 5.41) is 0. The largest absolute Gasteiger partial charge is 0.493 e. The molecule has 0 spiro atoms. The van der Waals surface area contributed by atoms with Crippen molar-refractivity contribution in [1.29, 1.82) is 0 Å². The highest BCUT2D eigenvalue weighted by Gasteiger charge is 2.15. The normalized spacial score (nSPS) is 21.0. The van der Waals surface area contributed by atoms with Gasteiger partial charge >= 0.3 is 0 Å². The monoisotopic (exact) mass is 180 g/mol. The van der Waals surface area contributed by atoms with Gasteiger partial charge in [0.15, 0.2) is 0 Å². The first kappa shape index (κ1) is 12.0. The molecule has 1 rings (SSSR count). The Balaban J connectivity index is 0.000000671. The minimum absolute atomic E-state index is 0.564. The first-order valence-electron chi connectivity index (χ1n) is 4.91. The van der Waals surface area contributed by atoms with E-state index in [0.29, 0.717) is 5.92 Å². The molecule has 1 heterocycles. The predicted molar refractivity (Wildman–Crippen MR) is 58.5 cm³/mol. The van der Waals surface area contributed by atoms with Gasteiger partial charge in [-0.05, 0) is 24.0 Å². The quantitative estimate of drug-likeness (QED) is 0.629. The molecule has 1 aliphatic rings. The third-order valence-electron chi connectivity index (χ3n) is 2.03. The summed E-state index contributed by atoms with van der Waals surface area (Å²) in [4.78, 5) is 0. The second-order valence-electron chi connectivity index (χ2n) is 2.77. The Hall–Kier alpha value is -0.980. The van der Waals surface area contributed by atoms with Crippen molar-refractivity contribution in [1.82, 2.24) is 0 Å². The Bertz CT molecular complexity index is 201. The lowest BCUT2D eigenvalue weighted by molar-refractivity contribution is 0.183. The Morgan fingerprint density at radius 3 is 2.31 bits per heavy atom. The summed E-state index contributed by atoms with van der Waals surface area (Å²) in [7, 11) is 0. The number of ether oxygens (including phenoxy) is 1. The highest BCUT2D eigenvalue weighted by molar-refractivity contribution is 5.30. The fourth-order valence-corrected chi connectivity index (χ4v) is 1.31. The average Bonchev–Trinajstić information content (AvgIpc) is 2.20. The van der Waals surface area contributed by atoms with Crippen LogP contribution in [0.25, 0.3) is 0 Å². The molecule has 0 saturated carbocycles. The predicted octanol–water partition coefficient (Wildman–Crippen LogP) is 3.70. The van der Waals surface area contributed by atoms with Crippen LogP contribution >= 0.6 is 0 Å². The zero-order valence-corrected chi connectivity index (χ0v) is 8.97. The number of rotatable bonds is 2. The number of allylic oxidation sites excluding steroid dienone is 3. The molecule has 0 aromatic rings. The molecule has 74 valence electrons. The van der Waals surface area contributed by atoms with Gasteiger partial charge in [-0.15, -0.1) is 0 Å². The third-order valence-corrected chi connectivity index (χ3v) is 2.03. The molecule has 0 bridgehead atoms. The average molecular weight is 180 g/mol. The van der Waals surface area contributed by atoms with E-state index in [1.54, 1.807) is 6.08 Å². The molecule has 1 atom stereocenters. The summed E-state index contributed by atoms with van der Waals surface area (Å²) in [5.74, 6) is 1.47. The molecule has 1 heteroatoms. The van der Waals surface area contributed by atoms with Crippen LogP contribution < -0.4 is 0 Å². The van der Waals surface area contributed by atoms with E-state index in [2.05, 4.69) is 20.1 Å². The van der Waals surface area contributed by atoms with Gasteiger partial charge < -0.3 is 4.74 Å². The lowest BCUT2D eigenvalue weighted by Gasteiger charge is -2.22. The van der Waals surface area contributed by atoms with Gasteiger partial charge in [0.05, 0.1) is 6.61 Å². The molecule has 1 aliphatic heterocycles. The van der Waals surface area contributed by atoms with Gasteiger partial charge in [0.1, 0.15) is 5.76 Å². The molecule has 0 N–H and O–H groups in total. The summed E-state index contributed by atoms with van der Waals surface area (Å²) >= 11 is 0. The Morgan fingerprint density at radius 2 is 1.92 bits per heavy atom. The third kappa shape index (κ3) is 3.10. The van der Waals surface area contributed by atoms with Gasteiger partial charge in [-0.3, -0.25) is 0 Å². The van der Waals surface area contributed by atoms with Gasteiger partial charge in [-0.1, -0.05) is 40.0 Å². The molecule has 0 amide bonds. The summed E-state index contributed by atoms with van der Waals surface area (Å²) in [6.07, 6.45) is 4.70. The topological polar surface area (TPSA) is 9.23 Å². The molecule has 0 fully saturated rings. The van der Waals surface area contributed by atoms with Crippen LogP contribution in [0.4, 0.5) is 0 Å². The lowest BCUT2D eigenvalue weighted by atomic mass is 9.95. The van der Waals surface area contributed by atoms with Crippen molar-refractivity contribution in [2.45, 2.75) is 27.2 Å². The molecule has 0 aromatic heterocycles. The second-order valence-corrected chi connectivity index (χ2v) is 2.77. The van der Waals surface area contributed by atoms with Gasteiger partial charge in [-0.25, -0.2) is 0 Å². The van der Waals surface area contributed by atoms with Crippen LogP contribution in [-0.4, -0.2) is 6.61 Å². The minimum atomic E-state index is 0.564. The van der Waals surface area contributed by atoms with Crippen LogP contribution in [0, 0.1) is 5.92 Å². The van der Waals surface area contributed by atoms with E-state index in [4.69, 9.17) is 4.74 Å². The van der Waals surface area contributed by atoms with E-state index >= 15 is 0 Å². The summed E-state index contributed by atoms with van der Waals surface area (Å²) < 4.78 is 5.39. The summed E-state index contributed by atoms with van der Waals surface area (Å²) in [5.41, 5.74) is 1.19. The SMILES string of the molecule is C=CC1=C(C=C)C(C)CCO1.CC. The second kappa shape index (κ2) is 6.53. The van der Waals surface area contributed by atoms with E-state index in [0.717, 1.165) is 18.8 Å². The highest BCUT2D eigenvalue weighted by atomic mass is 16.5. The molecule has 0 aliphatic carbocycles. The van der Waals surface area contributed by atoms with Crippen LogP contribution in [0.2, 0.25) is 0 Å². The van der Waals surface area contributed by atoms with E-state index in [1.165, 1.54) is 5.57 Å². The molecule has 13 heavy (non-hydrogen) atoms. The fraction of sp³-hybridized carbons (Fsp3) is 0.500. The van der Waals surface area contributed by atoms with Crippen molar-refractivity contribution in [2.24, 2.45) is 5.92 Å². The van der Waals surface area contributed by atoms with Crippen LogP contribution in [0.1, 0.15) is 27.2 Å². The zero-order valence-electron chi connectivity index (χ0n) is 8.97. The van der Waals surface area contributed by atoms with Crippen molar-refractivity contribution in [3.63, 3.8) is 0 Å². The van der Waals surface area contributed by atoms with E-state index in [1.807, 2.05) is 19.9 Å². The molecule has 1 nitrogen and oxygen atoms in total. The van der Waals surface area contributed by atoms with Crippen LogP contribution in [0.15, 0.2) is 36.6 Å². The van der Waals surface area contributed by atoms with E-state index in [9.17, 15) is 0 Å². The zero-order chi connectivity index (χ0) is 10.3. The summed E-state index contributed by atoms with van der Waals surface area (Å²) in [6, 6.07) is 0. The lowest BCUT2D eigenvalue weighted by Crippen LogP contribution is -2.12. The maximum absolute atomic E-state index is 5.39. The van der Waals surface area contributed by atoms with E-state index < -0.39 is 0 Å². The molecular weight excluding hydrogens is 160 g/mol. The van der Waals surface area contributed by atoms with Gasteiger partial charge in [0.2, 0.25) is 0 Å². The van der Waals surface area contributed by atoms with Crippen molar-refractivity contribution < 1.29 is 4.74 Å². The van der Waals surface area contributed by atoms with Crippen LogP contribution in [0.3, 0.4) is 0 Å². The number of hydrogen-bond donors (Lipinski definition) is 0. The Morgan fingerprint density at radius 1 is 1.31 bits per heavy atom. The summed E-state index contributed by atoms with van der Waals surface area (Å²) in [6.45, 7) is 14.4. The van der Waals surface area contributed by atoms with Gasteiger partial charge in [0, 0.05) is 0 Å². The fourth-order valence-electron chi connectivity index (χ4n) is 1.31. The van der Waals surface area contributed by atoms with Gasteiger partial charge in [0.25, 0.3) is 0 Å². The molecule has 1 unspecified atom stereocenters. The van der Waals surface area contributed by atoms with Gasteiger partial charge in [-0.2, -0.15) is 0 Å². The molecule has 0 radical (unpaired) electrons. The van der Waals surface area contributed by atoms with Crippen molar-refractivity contribution >= 4 is 0 Å². The maximum Gasteiger partial charge on any atom is 0.122 e. The Labute approximate surface area is 81.8 Å².